The van der Waals surface area contributed by atoms with Crippen molar-refractivity contribution in [2.75, 3.05) is 20.7 Å². The Balaban J connectivity index is 2.02. The third kappa shape index (κ3) is 3.93. The Morgan fingerprint density at radius 2 is 1.61 bits per heavy atom. The molecule has 0 unspecified atom stereocenters. The van der Waals surface area contributed by atoms with Gasteiger partial charge < -0.3 is 9.64 Å². The van der Waals surface area contributed by atoms with Gasteiger partial charge in [-0.15, -0.1) is 0 Å². The van der Waals surface area contributed by atoms with Crippen molar-refractivity contribution in [2.45, 2.75) is 20.4 Å². The largest absolute Gasteiger partial charge is 0.497 e. The normalized spacial score (nSPS) is 14.2. The quantitative estimate of drug-likeness (QED) is 0.691. The van der Waals surface area contributed by atoms with Gasteiger partial charge in [-0.05, 0) is 29.2 Å². The molecular formula is C23H26N2O3. The predicted octanol–water partition coefficient (Wildman–Crippen LogP) is 3.56. The molecule has 0 saturated heterocycles. The second kappa shape index (κ2) is 8.30. The van der Waals surface area contributed by atoms with Crippen molar-refractivity contribution in [2.24, 2.45) is 5.92 Å². The molecule has 1 heterocycles. The van der Waals surface area contributed by atoms with Crippen LogP contribution in [0.1, 0.15) is 25.0 Å². The highest BCUT2D eigenvalue weighted by Gasteiger charge is 2.40. The van der Waals surface area contributed by atoms with E-state index in [4.69, 9.17) is 4.74 Å². The molecule has 0 bridgehead atoms. The number of carbonyl (C=O) groups is 2. The average molecular weight is 378 g/mol. The van der Waals surface area contributed by atoms with Gasteiger partial charge in [-0.25, -0.2) is 0 Å². The molecule has 0 aromatic heterocycles. The highest BCUT2D eigenvalue weighted by atomic mass is 16.5. The molecule has 1 aliphatic heterocycles. The van der Waals surface area contributed by atoms with Crippen molar-refractivity contribution >= 4 is 17.4 Å². The molecular weight excluding hydrogens is 352 g/mol. The molecule has 1 aliphatic rings. The number of ether oxygens (including phenoxy) is 1. The summed E-state index contributed by atoms with van der Waals surface area (Å²) in [5, 5.41) is 0. The molecule has 2 aromatic rings. The lowest BCUT2D eigenvalue weighted by Crippen LogP contribution is -2.36. The Kier molecular flexibility index (Phi) is 5.83. The van der Waals surface area contributed by atoms with E-state index < -0.39 is 0 Å². The lowest BCUT2D eigenvalue weighted by molar-refractivity contribution is -0.138. The van der Waals surface area contributed by atoms with E-state index in [1.165, 1.54) is 4.90 Å². The Hall–Kier alpha value is -3.08. The Morgan fingerprint density at radius 3 is 2.18 bits per heavy atom. The van der Waals surface area contributed by atoms with Crippen LogP contribution in [0.5, 0.6) is 5.75 Å². The van der Waals surface area contributed by atoms with E-state index in [-0.39, 0.29) is 17.7 Å². The molecule has 2 aromatic carbocycles. The van der Waals surface area contributed by atoms with Gasteiger partial charge in [-0.2, -0.15) is 0 Å². The third-order valence-corrected chi connectivity index (χ3v) is 4.71. The summed E-state index contributed by atoms with van der Waals surface area (Å²) < 4.78 is 5.22. The molecule has 0 radical (unpaired) electrons. The van der Waals surface area contributed by atoms with Crippen LogP contribution in [-0.4, -0.2) is 42.3 Å². The van der Waals surface area contributed by atoms with E-state index in [0.717, 1.165) is 11.1 Å². The molecule has 0 fully saturated rings. The number of likely N-dealkylation sites (N-methyl/N-ethyl adjacent to an activating group) is 1. The second-order valence-electron chi connectivity index (χ2n) is 7.41. The molecule has 2 amide bonds. The molecule has 146 valence electrons. The zero-order valence-electron chi connectivity index (χ0n) is 16.8. The molecule has 5 heteroatoms. The number of imide groups is 1. The van der Waals surface area contributed by atoms with E-state index in [1.807, 2.05) is 68.3 Å². The maximum atomic E-state index is 13.2. The van der Waals surface area contributed by atoms with Crippen LogP contribution in [-0.2, 0) is 16.1 Å². The summed E-state index contributed by atoms with van der Waals surface area (Å²) >= 11 is 0. The first-order valence-electron chi connectivity index (χ1n) is 9.42. The topological polar surface area (TPSA) is 49.9 Å². The van der Waals surface area contributed by atoms with E-state index in [2.05, 4.69) is 0 Å². The molecule has 0 spiro atoms. The minimum atomic E-state index is -0.237. The van der Waals surface area contributed by atoms with Gasteiger partial charge in [0.05, 0.1) is 12.7 Å². The van der Waals surface area contributed by atoms with Gasteiger partial charge in [0, 0.05) is 20.1 Å². The summed E-state index contributed by atoms with van der Waals surface area (Å²) in [6, 6.07) is 17.2. The molecule has 0 atom stereocenters. The number of carbonyl (C=O) groups excluding carboxylic acids is 2. The van der Waals surface area contributed by atoms with Crippen LogP contribution < -0.4 is 4.74 Å². The Morgan fingerprint density at radius 1 is 0.964 bits per heavy atom. The molecule has 0 aliphatic carbocycles. The number of hydrogen-bond donors (Lipinski definition) is 0. The first kappa shape index (κ1) is 19.7. The van der Waals surface area contributed by atoms with Crippen molar-refractivity contribution < 1.29 is 14.3 Å². The Labute approximate surface area is 166 Å². The zero-order valence-corrected chi connectivity index (χ0v) is 16.8. The summed E-state index contributed by atoms with van der Waals surface area (Å²) in [4.78, 5) is 29.6. The van der Waals surface area contributed by atoms with Crippen LogP contribution >= 0.6 is 0 Å². The average Bonchev–Trinajstić information content (AvgIpc) is 2.93. The number of hydrogen-bond acceptors (Lipinski definition) is 4. The van der Waals surface area contributed by atoms with Crippen LogP contribution in [0.2, 0.25) is 0 Å². The fourth-order valence-electron chi connectivity index (χ4n) is 3.40. The maximum absolute atomic E-state index is 13.2. The van der Waals surface area contributed by atoms with E-state index in [9.17, 15) is 9.59 Å². The van der Waals surface area contributed by atoms with Crippen LogP contribution in [0.4, 0.5) is 0 Å². The summed E-state index contributed by atoms with van der Waals surface area (Å²) in [7, 11) is 3.46. The zero-order chi connectivity index (χ0) is 20.3. The summed E-state index contributed by atoms with van der Waals surface area (Å²) in [5.41, 5.74) is 2.70. The van der Waals surface area contributed by atoms with Gasteiger partial charge in [0.1, 0.15) is 11.4 Å². The third-order valence-electron chi connectivity index (χ3n) is 4.71. The van der Waals surface area contributed by atoms with E-state index in [0.29, 0.717) is 30.1 Å². The number of amides is 2. The summed E-state index contributed by atoms with van der Waals surface area (Å²) in [6.45, 7) is 4.95. The standard InChI is InChI=1S/C23H26N2O3/c1-16(2)14-25-22(26)20(18-10-12-19(28-4)13-11-18)21(23(25)27)24(3)15-17-8-6-5-7-9-17/h5-13,16H,14-15H2,1-4H3. The van der Waals surface area contributed by atoms with Crippen molar-refractivity contribution in [3.8, 4) is 5.75 Å². The summed E-state index contributed by atoms with van der Waals surface area (Å²) in [5.74, 6) is 0.435. The first-order valence-corrected chi connectivity index (χ1v) is 9.42. The molecule has 0 N–H and O–H groups in total. The number of methoxy groups -OCH3 is 1. The monoisotopic (exact) mass is 378 g/mol. The van der Waals surface area contributed by atoms with Crippen molar-refractivity contribution in [1.29, 1.82) is 0 Å². The predicted molar refractivity (Wildman–Crippen MR) is 109 cm³/mol. The minimum Gasteiger partial charge on any atom is -0.497 e. The van der Waals surface area contributed by atoms with Crippen LogP contribution in [0.15, 0.2) is 60.3 Å². The molecule has 28 heavy (non-hydrogen) atoms. The number of benzene rings is 2. The number of nitrogens with zero attached hydrogens (tertiary/aromatic N) is 2. The fourth-order valence-corrected chi connectivity index (χ4v) is 3.40. The summed E-state index contributed by atoms with van der Waals surface area (Å²) in [6.07, 6.45) is 0. The van der Waals surface area contributed by atoms with Crippen molar-refractivity contribution in [3.63, 3.8) is 0 Å². The van der Waals surface area contributed by atoms with E-state index >= 15 is 0 Å². The first-order chi connectivity index (χ1) is 13.4. The van der Waals surface area contributed by atoms with Gasteiger partial charge in [-0.1, -0.05) is 56.3 Å². The minimum absolute atomic E-state index is 0.198. The molecule has 0 saturated carbocycles. The lowest BCUT2D eigenvalue weighted by atomic mass is 10.0. The van der Waals surface area contributed by atoms with Crippen LogP contribution in [0, 0.1) is 5.92 Å². The van der Waals surface area contributed by atoms with E-state index in [1.54, 1.807) is 19.2 Å². The van der Waals surface area contributed by atoms with Gasteiger partial charge in [0.15, 0.2) is 0 Å². The van der Waals surface area contributed by atoms with Crippen LogP contribution in [0.25, 0.3) is 5.57 Å². The maximum Gasteiger partial charge on any atom is 0.277 e. The number of rotatable bonds is 7. The lowest BCUT2D eigenvalue weighted by Gasteiger charge is -2.22. The van der Waals surface area contributed by atoms with Gasteiger partial charge >= 0.3 is 0 Å². The van der Waals surface area contributed by atoms with Gasteiger partial charge in [0.25, 0.3) is 11.8 Å². The van der Waals surface area contributed by atoms with Crippen molar-refractivity contribution in [3.05, 3.63) is 71.4 Å². The fraction of sp³-hybridized carbons (Fsp3) is 0.304. The smallest absolute Gasteiger partial charge is 0.277 e. The van der Waals surface area contributed by atoms with Crippen molar-refractivity contribution in [1.82, 2.24) is 9.80 Å². The van der Waals surface area contributed by atoms with Gasteiger partial charge in [0.2, 0.25) is 0 Å². The Bertz CT molecular complexity index is 886. The second-order valence-corrected chi connectivity index (χ2v) is 7.41. The highest BCUT2D eigenvalue weighted by molar-refractivity contribution is 6.35. The highest BCUT2D eigenvalue weighted by Crippen LogP contribution is 2.33. The van der Waals surface area contributed by atoms with Crippen LogP contribution in [0.3, 0.4) is 0 Å². The SMILES string of the molecule is COc1ccc(C2=C(N(C)Cc3ccccc3)C(=O)N(CC(C)C)C2=O)cc1. The van der Waals surface area contributed by atoms with Gasteiger partial charge in [-0.3, -0.25) is 14.5 Å². The molecule has 5 nitrogen and oxygen atoms in total. The molecule has 3 rings (SSSR count).